The molecule has 3 rings (SSSR count). The fourth-order valence-corrected chi connectivity index (χ4v) is 4.09. The quantitative estimate of drug-likeness (QED) is 0.901. The molecular formula is C17H24ClNO2. The van der Waals surface area contributed by atoms with Crippen LogP contribution in [0.15, 0.2) is 12.1 Å². The number of benzene rings is 1. The van der Waals surface area contributed by atoms with E-state index in [4.69, 9.17) is 21.1 Å². The molecule has 1 saturated carbocycles. The molecular weight excluding hydrogens is 286 g/mol. The van der Waals surface area contributed by atoms with Crippen LogP contribution < -0.4 is 14.8 Å². The summed E-state index contributed by atoms with van der Waals surface area (Å²) in [5.41, 5.74) is 1.38. The lowest BCUT2D eigenvalue weighted by molar-refractivity contribution is 0.148. The van der Waals surface area contributed by atoms with Crippen LogP contribution in [-0.4, -0.2) is 20.3 Å². The smallest absolute Gasteiger partial charge is 0.162 e. The van der Waals surface area contributed by atoms with Gasteiger partial charge in [-0.1, -0.05) is 37.8 Å². The number of halogens is 1. The minimum atomic E-state index is 0.250. The minimum Gasteiger partial charge on any atom is -0.486 e. The van der Waals surface area contributed by atoms with Crippen LogP contribution in [0.25, 0.3) is 0 Å². The lowest BCUT2D eigenvalue weighted by Crippen LogP contribution is -2.36. The SMILES string of the molecule is CNC(c1cc2c(cc1Cl)OCCO2)C1(C)CCCCC1. The van der Waals surface area contributed by atoms with E-state index in [0.29, 0.717) is 13.2 Å². The third-order valence-corrected chi connectivity index (χ3v) is 5.28. The van der Waals surface area contributed by atoms with Gasteiger partial charge in [0.05, 0.1) is 0 Å². The first-order valence-corrected chi connectivity index (χ1v) is 8.28. The van der Waals surface area contributed by atoms with Crippen molar-refractivity contribution in [2.24, 2.45) is 5.41 Å². The minimum absolute atomic E-state index is 0.250. The van der Waals surface area contributed by atoms with Crippen molar-refractivity contribution < 1.29 is 9.47 Å². The van der Waals surface area contributed by atoms with Crippen LogP contribution in [0.4, 0.5) is 0 Å². The van der Waals surface area contributed by atoms with Gasteiger partial charge in [0.15, 0.2) is 11.5 Å². The molecule has 1 unspecified atom stereocenters. The molecule has 0 aromatic heterocycles. The van der Waals surface area contributed by atoms with Crippen LogP contribution >= 0.6 is 11.6 Å². The number of hydrogen-bond acceptors (Lipinski definition) is 3. The fraction of sp³-hybridized carbons (Fsp3) is 0.647. The van der Waals surface area contributed by atoms with Crippen LogP contribution in [0.3, 0.4) is 0 Å². The summed E-state index contributed by atoms with van der Waals surface area (Å²) >= 11 is 6.54. The van der Waals surface area contributed by atoms with Gasteiger partial charge in [-0.25, -0.2) is 0 Å². The van der Waals surface area contributed by atoms with Crippen molar-refractivity contribution in [3.05, 3.63) is 22.7 Å². The van der Waals surface area contributed by atoms with Crippen LogP contribution in [0.2, 0.25) is 5.02 Å². The van der Waals surface area contributed by atoms with E-state index < -0.39 is 0 Å². The summed E-state index contributed by atoms with van der Waals surface area (Å²) in [6, 6.07) is 4.22. The Morgan fingerprint density at radius 1 is 1.10 bits per heavy atom. The number of rotatable bonds is 3. The lowest BCUT2D eigenvalue weighted by Gasteiger charge is -2.41. The highest BCUT2D eigenvalue weighted by Gasteiger charge is 2.37. The van der Waals surface area contributed by atoms with Crippen molar-refractivity contribution in [1.29, 1.82) is 0 Å². The predicted octanol–water partition coefficient (Wildman–Crippen LogP) is 4.34. The normalized spacial score (nSPS) is 21.9. The molecule has 2 aliphatic rings. The summed E-state index contributed by atoms with van der Waals surface area (Å²) in [5.74, 6) is 1.58. The zero-order chi connectivity index (χ0) is 14.9. The van der Waals surface area contributed by atoms with Crippen molar-refractivity contribution in [1.82, 2.24) is 5.32 Å². The van der Waals surface area contributed by atoms with Gasteiger partial charge in [-0.2, -0.15) is 0 Å². The molecule has 1 aromatic rings. The van der Waals surface area contributed by atoms with Gasteiger partial charge in [-0.15, -0.1) is 0 Å². The molecule has 4 heteroatoms. The monoisotopic (exact) mass is 309 g/mol. The fourth-order valence-electron chi connectivity index (χ4n) is 3.83. The molecule has 1 heterocycles. The van der Waals surface area contributed by atoms with Crippen molar-refractivity contribution in [2.45, 2.75) is 45.1 Å². The number of nitrogens with one attached hydrogen (secondary N) is 1. The Hall–Kier alpha value is -0.930. The Morgan fingerprint density at radius 3 is 2.33 bits per heavy atom. The van der Waals surface area contributed by atoms with Crippen molar-refractivity contribution in [3.63, 3.8) is 0 Å². The van der Waals surface area contributed by atoms with E-state index in [-0.39, 0.29) is 11.5 Å². The van der Waals surface area contributed by atoms with Crippen LogP contribution in [0.1, 0.15) is 50.6 Å². The highest BCUT2D eigenvalue weighted by atomic mass is 35.5. The summed E-state index contributed by atoms with van der Waals surface area (Å²) in [6.45, 7) is 3.58. The first-order valence-electron chi connectivity index (χ1n) is 7.90. The zero-order valence-electron chi connectivity index (χ0n) is 12.9. The second-order valence-corrected chi connectivity index (χ2v) is 6.86. The molecule has 1 atom stereocenters. The molecule has 1 aliphatic carbocycles. The van der Waals surface area contributed by atoms with Gasteiger partial charge < -0.3 is 14.8 Å². The molecule has 0 spiro atoms. The molecule has 116 valence electrons. The van der Waals surface area contributed by atoms with Gasteiger partial charge in [-0.3, -0.25) is 0 Å². The van der Waals surface area contributed by atoms with E-state index in [1.165, 1.54) is 32.1 Å². The van der Waals surface area contributed by atoms with Gasteiger partial charge in [0.25, 0.3) is 0 Å². The lowest BCUT2D eigenvalue weighted by atomic mass is 9.68. The Balaban J connectivity index is 1.96. The first-order chi connectivity index (χ1) is 10.1. The highest BCUT2D eigenvalue weighted by molar-refractivity contribution is 6.31. The number of ether oxygens (including phenoxy) is 2. The largest absolute Gasteiger partial charge is 0.486 e. The molecule has 0 bridgehead atoms. The third kappa shape index (κ3) is 2.86. The maximum Gasteiger partial charge on any atom is 0.162 e. The summed E-state index contributed by atoms with van der Waals surface area (Å²) in [5, 5.41) is 4.26. The van der Waals surface area contributed by atoms with Gasteiger partial charge in [0.1, 0.15) is 13.2 Å². The molecule has 1 aliphatic heterocycles. The van der Waals surface area contributed by atoms with Crippen molar-refractivity contribution in [3.8, 4) is 11.5 Å². The molecule has 0 amide bonds. The van der Waals surface area contributed by atoms with E-state index in [0.717, 1.165) is 22.1 Å². The molecule has 3 nitrogen and oxygen atoms in total. The van der Waals surface area contributed by atoms with Gasteiger partial charge >= 0.3 is 0 Å². The van der Waals surface area contributed by atoms with E-state index in [1.54, 1.807) is 0 Å². The van der Waals surface area contributed by atoms with Gasteiger partial charge in [0, 0.05) is 17.1 Å². The summed E-state index contributed by atoms with van der Waals surface area (Å²) < 4.78 is 11.3. The van der Waals surface area contributed by atoms with Crippen LogP contribution in [-0.2, 0) is 0 Å². The summed E-state index contributed by atoms with van der Waals surface area (Å²) in [6.07, 6.45) is 6.43. The summed E-state index contributed by atoms with van der Waals surface area (Å²) in [4.78, 5) is 0. The zero-order valence-corrected chi connectivity index (χ0v) is 13.6. The van der Waals surface area contributed by atoms with E-state index in [9.17, 15) is 0 Å². The molecule has 0 saturated heterocycles. The second-order valence-electron chi connectivity index (χ2n) is 6.45. The Kier molecular flexibility index (Phi) is 4.32. The maximum atomic E-state index is 6.54. The Labute approximate surface area is 132 Å². The highest BCUT2D eigenvalue weighted by Crippen LogP contribution is 2.48. The average molecular weight is 310 g/mol. The summed E-state index contributed by atoms with van der Waals surface area (Å²) in [7, 11) is 2.03. The molecule has 21 heavy (non-hydrogen) atoms. The van der Waals surface area contributed by atoms with E-state index >= 15 is 0 Å². The molecule has 1 aromatic carbocycles. The van der Waals surface area contributed by atoms with Crippen molar-refractivity contribution in [2.75, 3.05) is 20.3 Å². The first kappa shape index (κ1) is 15.0. The number of fused-ring (bicyclic) bond motifs is 1. The predicted molar refractivity (Wildman–Crippen MR) is 85.4 cm³/mol. The average Bonchev–Trinajstić information content (AvgIpc) is 2.49. The van der Waals surface area contributed by atoms with E-state index in [1.807, 2.05) is 13.1 Å². The topological polar surface area (TPSA) is 30.5 Å². The molecule has 0 radical (unpaired) electrons. The number of hydrogen-bond donors (Lipinski definition) is 1. The van der Waals surface area contributed by atoms with E-state index in [2.05, 4.69) is 18.3 Å². The van der Waals surface area contributed by atoms with Gasteiger partial charge in [0.2, 0.25) is 0 Å². The van der Waals surface area contributed by atoms with Gasteiger partial charge in [-0.05, 0) is 36.9 Å². The standard InChI is InChI=1S/C17H24ClNO2/c1-17(6-4-3-5-7-17)16(19-2)12-10-14-15(11-13(12)18)21-9-8-20-14/h10-11,16,19H,3-9H2,1-2H3. The van der Waals surface area contributed by atoms with Crippen LogP contribution in [0.5, 0.6) is 11.5 Å². The molecule has 1 N–H and O–H groups in total. The Bertz CT molecular complexity index is 512. The second kappa shape index (κ2) is 6.05. The maximum absolute atomic E-state index is 6.54. The van der Waals surface area contributed by atoms with Crippen molar-refractivity contribution >= 4 is 11.6 Å². The molecule has 1 fully saturated rings. The third-order valence-electron chi connectivity index (χ3n) is 4.95. The van der Waals surface area contributed by atoms with Crippen LogP contribution in [0, 0.1) is 5.41 Å². The Morgan fingerprint density at radius 2 is 1.71 bits per heavy atom.